The molecule has 0 amide bonds. The average Bonchev–Trinajstić information content (AvgIpc) is 2.72. The van der Waals surface area contributed by atoms with E-state index in [0.717, 1.165) is 35.8 Å². The predicted octanol–water partition coefficient (Wildman–Crippen LogP) is 2.17. The highest BCUT2D eigenvalue weighted by molar-refractivity contribution is 6.31. The number of methoxy groups -OCH3 is 2. The van der Waals surface area contributed by atoms with E-state index in [4.69, 9.17) is 21.1 Å². The van der Waals surface area contributed by atoms with Crippen molar-refractivity contribution in [3.8, 4) is 0 Å². The minimum Gasteiger partial charge on any atom is -0.354 e. The number of nitrogens with one attached hydrogen (secondary N) is 1. The number of aryl methyl sites for hydroxylation is 2. The molecule has 116 valence electrons. The summed E-state index contributed by atoms with van der Waals surface area (Å²) in [7, 11) is 5.22. The van der Waals surface area contributed by atoms with Gasteiger partial charge in [0, 0.05) is 27.7 Å². The molecule has 6 heteroatoms. The third-order valence-electron chi connectivity index (χ3n) is 3.37. The molecule has 1 aromatic rings. The monoisotopic (exact) mass is 303 g/mol. The Kier molecular flexibility index (Phi) is 7.51. The highest BCUT2D eigenvalue weighted by atomic mass is 35.5. The lowest BCUT2D eigenvalue weighted by atomic mass is 10.1. The smallest absolute Gasteiger partial charge is 0.172 e. The van der Waals surface area contributed by atoms with Gasteiger partial charge in [0.05, 0.1) is 22.5 Å². The van der Waals surface area contributed by atoms with Gasteiger partial charge >= 0.3 is 0 Å². The molecule has 1 unspecified atom stereocenters. The molecule has 5 nitrogen and oxygen atoms in total. The van der Waals surface area contributed by atoms with Crippen molar-refractivity contribution in [1.82, 2.24) is 15.1 Å². The van der Waals surface area contributed by atoms with Gasteiger partial charge in [-0.1, -0.05) is 25.4 Å². The van der Waals surface area contributed by atoms with E-state index in [9.17, 15) is 0 Å². The van der Waals surface area contributed by atoms with Crippen LogP contribution in [0.1, 0.15) is 31.7 Å². The summed E-state index contributed by atoms with van der Waals surface area (Å²) >= 11 is 6.41. The molecule has 1 rings (SSSR count). The highest BCUT2D eigenvalue weighted by Gasteiger charge is 2.24. The second kappa shape index (κ2) is 8.62. The fourth-order valence-corrected chi connectivity index (χ4v) is 2.64. The Morgan fingerprint density at radius 3 is 2.40 bits per heavy atom. The highest BCUT2D eigenvalue weighted by Crippen LogP contribution is 2.23. The zero-order chi connectivity index (χ0) is 15.1. The van der Waals surface area contributed by atoms with Crippen molar-refractivity contribution in [2.75, 3.05) is 20.8 Å². The zero-order valence-corrected chi connectivity index (χ0v) is 13.8. The molecule has 0 fully saturated rings. The lowest BCUT2D eigenvalue weighted by Crippen LogP contribution is -2.44. The maximum Gasteiger partial charge on any atom is 0.172 e. The largest absolute Gasteiger partial charge is 0.354 e. The van der Waals surface area contributed by atoms with Gasteiger partial charge in [-0.15, -0.1) is 0 Å². The summed E-state index contributed by atoms with van der Waals surface area (Å²) in [6.07, 6.45) is 2.29. The summed E-state index contributed by atoms with van der Waals surface area (Å²) in [6, 6.07) is 0.0440. The molecule has 1 atom stereocenters. The summed E-state index contributed by atoms with van der Waals surface area (Å²) in [5, 5.41) is 8.65. The Hall–Kier alpha value is -0.620. The van der Waals surface area contributed by atoms with Gasteiger partial charge in [-0.3, -0.25) is 4.68 Å². The summed E-state index contributed by atoms with van der Waals surface area (Å²) < 4.78 is 12.6. The van der Waals surface area contributed by atoms with Crippen LogP contribution in [0.15, 0.2) is 0 Å². The molecule has 1 aromatic heterocycles. The van der Waals surface area contributed by atoms with Gasteiger partial charge in [-0.05, 0) is 19.4 Å². The van der Waals surface area contributed by atoms with Crippen LogP contribution in [-0.2, 0) is 29.4 Å². The van der Waals surface area contributed by atoms with Gasteiger partial charge in [0.25, 0.3) is 0 Å². The number of rotatable bonds is 9. The lowest BCUT2D eigenvalue weighted by molar-refractivity contribution is -0.122. The summed E-state index contributed by atoms with van der Waals surface area (Å²) in [6.45, 7) is 5.09. The molecule has 0 radical (unpaired) electrons. The molecular weight excluding hydrogens is 278 g/mol. The Morgan fingerprint density at radius 2 is 1.95 bits per heavy atom. The SMILES string of the molecule is CCCNC(Cc1c(Cl)c(CC)nn1C)C(OC)OC. The van der Waals surface area contributed by atoms with Crippen molar-refractivity contribution in [1.29, 1.82) is 0 Å². The van der Waals surface area contributed by atoms with Crippen molar-refractivity contribution < 1.29 is 9.47 Å². The first-order valence-electron chi connectivity index (χ1n) is 7.08. The fraction of sp³-hybridized carbons (Fsp3) is 0.786. The first kappa shape index (κ1) is 17.4. The molecule has 0 saturated heterocycles. The van der Waals surface area contributed by atoms with Crippen molar-refractivity contribution in [2.24, 2.45) is 7.05 Å². The summed E-state index contributed by atoms with van der Waals surface area (Å²) in [5.41, 5.74) is 1.95. The predicted molar refractivity (Wildman–Crippen MR) is 81.2 cm³/mol. The minimum atomic E-state index is -0.308. The molecule has 0 aromatic carbocycles. The molecule has 0 saturated carbocycles. The molecule has 0 aliphatic carbocycles. The van der Waals surface area contributed by atoms with Crippen LogP contribution in [0.25, 0.3) is 0 Å². The molecule has 0 aliphatic rings. The van der Waals surface area contributed by atoms with Crippen molar-refractivity contribution in [2.45, 2.75) is 45.4 Å². The molecule has 0 spiro atoms. The Labute approximate surface area is 126 Å². The van der Waals surface area contributed by atoms with Crippen LogP contribution in [0, 0.1) is 0 Å². The second-order valence-corrected chi connectivity index (χ2v) is 5.17. The number of nitrogens with zero attached hydrogens (tertiary/aromatic N) is 2. The van der Waals surface area contributed by atoms with Crippen molar-refractivity contribution in [3.63, 3.8) is 0 Å². The van der Waals surface area contributed by atoms with E-state index in [1.807, 2.05) is 11.7 Å². The topological polar surface area (TPSA) is 48.3 Å². The normalized spacial score (nSPS) is 13.2. The second-order valence-electron chi connectivity index (χ2n) is 4.79. The Bertz CT molecular complexity index is 405. The third kappa shape index (κ3) is 4.19. The van der Waals surface area contributed by atoms with E-state index < -0.39 is 0 Å². The van der Waals surface area contributed by atoms with E-state index in [0.29, 0.717) is 6.42 Å². The van der Waals surface area contributed by atoms with Crippen LogP contribution >= 0.6 is 11.6 Å². The molecule has 0 bridgehead atoms. The number of hydrogen-bond donors (Lipinski definition) is 1. The fourth-order valence-electron chi connectivity index (χ4n) is 2.27. The maximum absolute atomic E-state index is 6.41. The first-order chi connectivity index (χ1) is 9.58. The van der Waals surface area contributed by atoms with Gasteiger partial charge < -0.3 is 14.8 Å². The standard InChI is InChI=1S/C14H26ClN3O2/c1-6-8-16-11(14(19-4)20-5)9-12-13(15)10(7-2)17-18(12)3/h11,14,16H,6-9H2,1-5H3. The third-order valence-corrected chi connectivity index (χ3v) is 3.80. The Balaban J connectivity index is 2.91. The number of halogens is 1. The van der Waals surface area contributed by atoms with Gasteiger partial charge in [0.1, 0.15) is 0 Å². The van der Waals surface area contributed by atoms with Crippen LogP contribution in [0.3, 0.4) is 0 Å². The number of aromatic nitrogens is 2. The summed E-state index contributed by atoms with van der Waals surface area (Å²) in [5.74, 6) is 0. The minimum absolute atomic E-state index is 0.0440. The van der Waals surface area contributed by atoms with Crippen molar-refractivity contribution >= 4 is 11.6 Å². The number of ether oxygens (including phenoxy) is 2. The molecule has 20 heavy (non-hydrogen) atoms. The average molecular weight is 304 g/mol. The lowest BCUT2D eigenvalue weighted by Gasteiger charge is -2.26. The van der Waals surface area contributed by atoms with E-state index in [1.165, 1.54) is 0 Å². The van der Waals surface area contributed by atoms with Gasteiger partial charge in [-0.2, -0.15) is 5.10 Å². The van der Waals surface area contributed by atoms with E-state index in [2.05, 4.69) is 24.3 Å². The van der Waals surface area contributed by atoms with Crippen LogP contribution in [0.5, 0.6) is 0 Å². The molecule has 0 aliphatic heterocycles. The maximum atomic E-state index is 6.41. The van der Waals surface area contributed by atoms with E-state index in [1.54, 1.807) is 14.2 Å². The van der Waals surface area contributed by atoms with Gasteiger partial charge in [0.2, 0.25) is 0 Å². The first-order valence-corrected chi connectivity index (χ1v) is 7.45. The molecule has 1 N–H and O–H groups in total. The van der Waals surface area contributed by atoms with Crippen LogP contribution in [-0.4, -0.2) is 42.9 Å². The zero-order valence-electron chi connectivity index (χ0n) is 13.1. The molecule has 1 heterocycles. The van der Waals surface area contributed by atoms with Crippen LogP contribution in [0.4, 0.5) is 0 Å². The molecular formula is C14H26ClN3O2. The summed E-state index contributed by atoms with van der Waals surface area (Å²) in [4.78, 5) is 0. The van der Waals surface area contributed by atoms with Gasteiger partial charge in [-0.25, -0.2) is 0 Å². The van der Waals surface area contributed by atoms with E-state index in [-0.39, 0.29) is 12.3 Å². The number of hydrogen-bond acceptors (Lipinski definition) is 4. The van der Waals surface area contributed by atoms with E-state index >= 15 is 0 Å². The Morgan fingerprint density at radius 1 is 1.30 bits per heavy atom. The van der Waals surface area contributed by atoms with Crippen molar-refractivity contribution in [3.05, 3.63) is 16.4 Å². The van der Waals surface area contributed by atoms with Crippen LogP contribution < -0.4 is 5.32 Å². The van der Waals surface area contributed by atoms with Crippen LogP contribution in [0.2, 0.25) is 5.02 Å². The van der Waals surface area contributed by atoms with Gasteiger partial charge in [0.15, 0.2) is 6.29 Å². The quantitative estimate of drug-likeness (QED) is 0.710.